The molecule has 0 amide bonds. The second kappa shape index (κ2) is 3.82. The lowest BCUT2D eigenvalue weighted by Crippen LogP contribution is -2.13. The number of nitrogens with one attached hydrogen (secondary N) is 1. The van der Waals surface area contributed by atoms with Gasteiger partial charge in [0.15, 0.2) is 0 Å². The van der Waals surface area contributed by atoms with Gasteiger partial charge < -0.3 is 4.98 Å². The van der Waals surface area contributed by atoms with Crippen LogP contribution in [0.25, 0.3) is 16.0 Å². The number of imidazole rings is 1. The number of para-hydroxylation sites is 1. The number of hydrogen-bond acceptors (Lipinski definition) is 2. The van der Waals surface area contributed by atoms with E-state index in [1.165, 1.54) is 22.0 Å². The zero-order chi connectivity index (χ0) is 12.0. The summed E-state index contributed by atoms with van der Waals surface area (Å²) in [4.78, 5) is 14.4. The second-order valence-corrected chi connectivity index (χ2v) is 5.92. The van der Waals surface area contributed by atoms with Crippen molar-refractivity contribution in [3.63, 3.8) is 0 Å². The highest BCUT2D eigenvalue weighted by Crippen LogP contribution is 2.27. The summed E-state index contributed by atoms with van der Waals surface area (Å²) in [5.74, 6) is -0.422. The van der Waals surface area contributed by atoms with E-state index in [4.69, 9.17) is 0 Å². The van der Waals surface area contributed by atoms with E-state index < -0.39 is 5.82 Å². The zero-order valence-electron chi connectivity index (χ0n) is 8.41. The third kappa shape index (κ3) is 1.64. The Morgan fingerprint density at radius 2 is 2.12 bits per heavy atom. The van der Waals surface area contributed by atoms with E-state index in [1.807, 2.05) is 12.1 Å². The third-order valence-electron chi connectivity index (χ3n) is 2.45. The molecule has 3 rings (SSSR count). The van der Waals surface area contributed by atoms with Crippen LogP contribution in [-0.2, 0) is 0 Å². The summed E-state index contributed by atoms with van der Waals surface area (Å²) >= 11 is 4.76. The maximum atomic E-state index is 13.5. The summed E-state index contributed by atoms with van der Waals surface area (Å²) in [6.07, 6.45) is 0. The van der Waals surface area contributed by atoms with Crippen LogP contribution in [0.15, 0.2) is 38.9 Å². The Hall–Kier alpha value is -1.40. The van der Waals surface area contributed by atoms with Crippen LogP contribution in [0, 0.1) is 5.82 Å². The molecule has 0 saturated carbocycles. The van der Waals surface area contributed by atoms with Gasteiger partial charge in [-0.15, -0.1) is 11.3 Å². The smallest absolute Gasteiger partial charge is 0.303 e. The molecule has 1 aromatic carbocycles. The topological polar surface area (TPSA) is 37.8 Å². The van der Waals surface area contributed by atoms with Gasteiger partial charge in [-0.05, 0) is 40.2 Å². The van der Waals surface area contributed by atoms with E-state index in [0.717, 1.165) is 8.79 Å². The highest BCUT2D eigenvalue weighted by molar-refractivity contribution is 9.11. The molecular weight excluding hydrogens is 307 g/mol. The van der Waals surface area contributed by atoms with Crippen molar-refractivity contribution < 1.29 is 4.39 Å². The van der Waals surface area contributed by atoms with Crippen molar-refractivity contribution in [1.82, 2.24) is 9.55 Å². The molecule has 0 saturated heterocycles. The third-order valence-corrected chi connectivity index (χ3v) is 4.06. The van der Waals surface area contributed by atoms with Gasteiger partial charge in [-0.1, -0.05) is 6.07 Å². The fourth-order valence-corrected chi connectivity index (χ4v) is 3.11. The number of thiophene rings is 1. The van der Waals surface area contributed by atoms with Gasteiger partial charge in [0.25, 0.3) is 0 Å². The van der Waals surface area contributed by atoms with Crippen molar-refractivity contribution in [3.8, 4) is 5.00 Å². The van der Waals surface area contributed by atoms with Gasteiger partial charge in [0.2, 0.25) is 0 Å². The Morgan fingerprint density at radius 3 is 2.82 bits per heavy atom. The molecule has 3 nitrogen and oxygen atoms in total. The van der Waals surface area contributed by atoms with Crippen LogP contribution in [0.5, 0.6) is 0 Å². The molecule has 0 fully saturated rings. The minimum Gasteiger partial charge on any atom is -0.303 e. The fourth-order valence-electron chi connectivity index (χ4n) is 1.74. The quantitative estimate of drug-likeness (QED) is 0.735. The van der Waals surface area contributed by atoms with Crippen LogP contribution in [0.1, 0.15) is 0 Å². The van der Waals surface area contributed by atoms with Gasteiger partial charge >= 0.3 is 5.69 Å². The van der Waals surface area contributed by atoms with Crippen LogP contribution in [0.4, 0.5) is 4.39 Å². The summed E-state index contributed by atoms with van der Waals surface area (Å²) in [6.45, 7) is 0. The number of halogens is 2. The number of H-pyrrole nitrogens is 1. The summed E-state index contributed by atoms with van der Waals surface area (Å²) in [5.41, 5.74) is 0.450. The van der Waals surface area contributed by atoms with Gasteiger partial charge in [-0.2, -0.15) is 0 Å². The Morgan fingerprint density at radius 1 is 1.29 bits per heavy atom. The number of fused-ring (bicyclic) bond motifs is 1. The molecule has 0 unspecified atom stereocenters. The average Bonchev–Trinajstić information content (AvgIpc) is 2.82. The number of aromatic amines is 1. The molecule has 0 aliphatic heterocycles. The van der Waals surface area contributed by atoms with Gasteiger partial charge in [0, 0.05) is 0 Å². The van der Waals surface area contributed by atoms with Crippen molar-refractivity contribution in [2.45, 2.75) is 0 Å². The predicted molar refractivity (Wildman–Crippen MR) is 69.4 cm³/mol. The Kier molecular flexibility index (Phi) is 2.41. The second-order valence-electron chi connectivity index (χ2n) is 3.48. The summed E-state index contributed by atoms with van der Waals surface area (Å²) in [5, 5.41) is 0.749. The van der Waals surface area contributed by atoms with Gasteiger partial charge in [-0.3, -0.25) is 4.57 Å². The van der Waals surface area contributed by atoms with Gasteiger partial charge in [0.05, 0.1) is 9.30 Å². The molecular formula is C11H6BrFN2OS. The normalized spacial score (nSPS) is 11.2. The molecule has 2 heterocycles. The number of benzene rings is 1. The Labute approximate surface area is 108 Å². The Balaban J connectivity index is 2.40. The van der Waals surface area contributed by atoms with Crippen molar-refractivity contribution in [2.75, 3.05) is 0 Å². The Bertz CT molecular complexity index is 758. The van der Waals surface area contributed by atoms with Crippen LogP contribution < -0.4 is 5.69 Å². The molecule has 0 spiro atoms. The molecule has 0 radical (unpaired) electrons. The van der Waals surface area contributed by atoms with Crippen molar-refractivity contribution in [1.29, 1.82) is 0 Å². The van der Waals surface area contributed by atoms with E-state index in [9.17, 15) is 9.18 Å². The maximum absolute atomic E-state index is 13.5. The van der Waals surface area contributed by atoms with Crippen molar-refractivity contribution in [3.05, 3.63) is 50.4 Å². The average molecular weight is 313 g/mol. The molecule has 1 N–H and O–H groups in total. The first kappa shape index (κ1) is 10.7. The fraction of sp³-hybridized carbons (Fsp3) is 0. The van der Waals surface area contributed by atoms with E-state index in [0.29, 0.717) is 5.52 Å². The first-order valence-electron chi connectivity index (χ1n) is 4.82. The summed E-state index contributed by atoms with van der Waals surface area (Å²) in [6, 6.07) is 8.29. The van der Waals surface area contributed by atoms with Crippen LogP contribution in [0.2, 0.25) is 0 Å². The lowest BCUT2D eigenvalue weighted by Gasteiger charge is -1.98. The van der Waals surface area contributed by atoms with E-state index >= 15 is 0 Å². The maximum Gasteiger partial charge on any atom is 0.331 e. The monoisotopic (exact) mass is 312 g/mol. The minimum atomic E-state index is -0.422. The number of hydrogen-bond donors (Lipinski definition) is 1. The molecule has 86 valence electrons. The molecule has 0 aliphatic carbocycles. The van der Waals surface area contributed by atoms with Crippen LogP contribution in [-0.4, -0.2) is 9.55 Å². The lowest BCUT2D eigenvalue weighted by atomic mass is 10.3. The molecule has 2 aromatic heterocycles. The molecule has 3 aromatic rings. The number of aromatic nitrogens is 2. The molecule has 0 bridgehead atoms. The molecule has 6 heteroatoms. The predicted octanol–water partition coefficient (Wildman–Crippen LogP) is 3.28. The highest BCUT2D eigenvalue weighted by atomic mass is 79.9. The number of rotatable bonds is 1. The van der Waals surface area contributed by atoms with E-state index in [1.54, 1.807) is 12.1 Å². The first-order chi connectivity index (χ1) is 8.16. The zero-order valence-corrected chi connectivity index (χ0v) is 10.8. The van der Waals surface area contributed by atoms with Gasteiger partial charge in [-0.25, -0.2) is 9.18 Å². The molecule has 17 heavy (non-hydrogen) atoms. The van der Waals surface area contributed by atoms with Gasteiger partial charge in [0.1, 0.15) is 16.3 Å². The largest absolute Gasteiger partial charge is 0.331 e. The number of nitrogens with zero attached hydrogens (tertiary/aromatic N) is 1. The summed E-state index contributed by atoms with van der Waals surface area (Å²) < 4.78 is 15.9. The lowest BCUT2D eigenvalue weighted by molar-refractivity contribution is 0.637. The van der Waals surface area contributed by atoms with Crippen LogP contribution in [0.3, 0.4) is 0 Å². The van der Waals surface area contributed by atoms with E-state index in [-0.39, 0.29) is 11.2 Å². The molecule has 0 aliphatic rings. The standard InChI is InChI=1S/C11H6BrFN2OS/c12-8-4-5-9(17-8)15-7-3-1-2-6(13)10(7)14-11(15)16/h1-5H,(H,14,16). The highest BCUT2D eigenvalue weighted by Gasteiger charge is 2.12. The van der Waals surface area contributed by atoms with E-state index in [2.05, 4.69) is 20.9 Å². The van der Waals surface area contributed by atoms with Crippen LogP contribution >= 0.6 is 27.3 Å². The van der Waals surface area contributed by atoms with Crippen molar-refractivity contribution in [2.24, 2.45) is 0 Å². The van der Waals surface area contributed by atoms with Crippen molar-refractivity contribution >= 4 is 38.3 Å². The minimum absolute atomic E-state index is 0.238. The molecule has 0 atom stereocenters. The SMILES string of the molecule is O=c1[nH]c2c(F)cccc2n1-c1ccc(Br)s1. The summed E-state index contributed by atoms with van der Waals surface area (Å²) in [7, 11) is 0. The first-order valence-corrected chi connectivity index (χ1v) is 6.43.